The Labute approximate surface area is 141 Å². The largest absolute Gasteiger partial charge is 3.00 e. The van der Waals surface area contributed by atoms with Crippen molar-refractivity contribution in [1.29, 1.82) is 0 Å². The molecule has 0 saturated heterocycles. The van der Waals surface area contributed by atoms with Crippen molar-refractivity contribution in [3.8, 4) is 0 Å². The Morgan fingerprint density at radius 2 is 0.682 bits per heavy atom. The van der Waals surface area contributed by atoms with Crippen molar-refractivity contribution in [2.75, 3.05) is 0 Å². The molecule has 0 aliphatic heterocycles. The van der Waals surface area contributed by atoms with Gasteiger partial charge < -0.3 is 15.3 Å². The van der Waals surface area contributed by atoms with E-state index in [9.17, 15) is 29.7 Å². The number of hydrogen-bond acceptors (Lipinski definition) is 6. The summed E-state index contributed by atoms with van der Waals surface area (Å²) in [7, 11) is 0. The molecule has 0 N–H and O–H groups in total. The zero-order chi connectivity index (χ0) is 17.6. The van der Waals surface area contributed by atoms with Crippen LogP contribution in [-0.4, -0.2) is 17.3 Å². The second-order valence-corrected chi connectivity index (χ2v) is 4.10. The summed E-state index contributed by atoms with van der Waals surface area (Å²) >= 11 is 0. The van der Waals surface area contributed by atoms with Gasteiger partial charge in [0.05, 0.1) is 0 Å². The molecular weight excluding hydrogens is 332 g/mol. The average molecular weight is 353 g/mol. The SMILES string of the molecule is CC(=O)C=C(C)[O-].CC(=O)C=C(C)[O-].CC(=O)C=C(C)[O-].[Fe+3]. The Balaban J connectivity index is -0.000000108. The number of hydrogen-bond donors (Lipinski definition) is 0. The minimum atomic E-state index is -0.187. The maximum atomic E-state index is 9.98. The zero-order valence-electron chi connectivity index (χ0n) is 13.5. The first-order chi connectivity index (χ1) is 9.38. The molecule has 0 saturated carbocycles. The molecule has 0 amide bonds. The molecule has 7 heteroatoms. The van der Waals surface area contributed by atoms with Crippen LogP contribution in [0.5, 0.6) is 0 Å². The monoisotopic (exact) mass is 353 g/mol. The van der Waals surface area contributed by atoms with Crippen molar-refractivity contribution in [3.63, 3.8) is 0 Å². The van der Waals surface area contributed by atoms with Gasteiger partial charge in [0.15, 0.2) is 17.3 Å². The quantitative estimate of drug-likeness (QED) is 0.384. The first-order valence-corrected chi connectivity index (χ1v) is 5.96. The summed E-state index contributed by atoms with van der Waals surface area (Å²) in [6, 6.07) is 0. The van der Waals surface area contributed by atoms with Gasteiger partial charge in [0.1, 0.15) is 0 Å². The van der Waals surface area contributed by atoms with Gasteiger partial charge in [0, 0.05) is 0 Å². The summed E-state index contributed by atoms with van der Waals surface area (Å²) < 4.78 is 0. The second kappa shape index (κ2) is 17.2. The van der Waals surface area contributed by atoms with Crippen LogP contribution in [0.3, 0.4) is 0 Å². The van der Waals surface area contributed by atoms with Gasteiger partial charge in [-0.3, -0.25) is 14.4 Å². The third kappa shape index (κ3) is 51.8. The maximum Gasteiger partial charge on any atom is 3.00 e. The topological polar surface area (TPSA) is 120 Å². The Kier molecular flexibility index (Phi) is 22.2. The molecule has 125 valence electrons. The fourth-order valence-corrected chi connectivity index (χ4v) is 0.859. The van der Waals surface area contributed by atoms with E-state index in [0.29, 0.717) is 0 Å². The molecule has 0 rings (SSSR count). The standard InChI is InChI=1S/3C5H8O2.Fe/c3*1-4(6)3-5(2)7;/h3*3,6H,1-2H3;/q;;;+3/p-3. The van der Waals surface area contributed by atoms with Crippen molar-refractivity contribution >= 4 is 17.3 Å². The van der Waals surface area contributed by atoms with Gasteiger partial charge in [-0.05, 0) is 39.0 Å². The predicted molar refractivity (Wildman–Crippen MR) is 73.3 cm³/mol. The van der Waals surface area contributed by atoms with Crippen LogP contribution in [0, 0.1) is 0 Å². The second-order valence-electron chi connectivity index (χ2n) is 4.10. The van der Waals surface area contributed by atoms with Gasteiger partial charge in [0.25, 0.3) is 0 Å². The maximum absolute atomic E-state index is 9.98. The molecule has 0 aromatic rings. The summed E-state index contributed by atoms with van der Waals surface area (Å²) in [5, 5.41) is 29.9. The number of ketones is 3. The predicted octanol–water partition coefficient (Wildman–Crippen LogP) is -0.484. The van der Waals surface area contributed by atoms with Crippen LogP contribution in [0.1, 0.15) is 41.5 Å². The first kappa shape index (κ1) is 28.3. The molecule has 6 nitrogen and oxygen atoms in total. The van der Waals surface area contributed by atoms with E-state index in [1.54, 1.807) is 0 Å². The third-order valence-corrected chi connectivity index (χ3v) is 1.22. The molecule has 22 heavy (non-hydrogen) atoms. The van der Waals surface area contributed by atoms with E-state index in [0.717, 1.165) is 18.2 Å². The number of carbonyl (C=O) groups excluding carboxylic acids is 3. The molecule has 0 unspecified atom stereocenters. The van der Waals surface area contributed by atoms with Crippen LogP contribution >= 0.6 is 0 Å². The fourth-order valence-electron chi connectivity index (χ4n) is 0.859. The normalized spacial score (nSPS) is 10.9. The minimum absolute atomic E-state index is 0. The van der Waals surface area contributed by atoms with Crippen molar-refractivity contribution in [2.24, 2.45) is 0 Å². The van der Waals surface area contributed by atoms with Gasteiger partial charge in [-0.15, -0.1) is 17.3 Å². The van der Waals surface area contributed by atoms with Crippen molar-refractivity contribution in [3.05, 3.63) is 35.5 Å². The average Bonchev–Trinajstić information content (AvgIpc) is 2.10. The fraction of sp³-hybridized carbons (Fsp3) is 0.400. The van der Waals surface area contributed by atoms with Crippen LogP contribution < -0.4 is 15.3 Å². The first-order valence-electron chi connectivity index (χ1n) is 5.96. The minimum Gasteiger partial charge on any atom is -0.876 e. The van der Waals surface area contributed by atoms with Gasteiger partial charge >= 0.3 is 17.1 Å². The van der Waals surface area contributed by atoms with Crippen molar-refractivity contribution in [1.82, 2.24) is 0 Å². The van der Waals surface area contributed by atoms with Gasteiger partial charge in [-0.1, -0.05) is 20.8 Å². The Bertz CT molecular complexity index is 368. The summed E-state index contributed by atoms with van der Waals surface area (Å²) in [6.07, 6.45) is 3.17. The molecular formula is C15H21FeO6. The van der Waals surface area contributed by atoms with E-state index >= 15 is 0 Å². The molecule has 1 radical (unpaired) electrons. The molecule has 0 aromatic carbocycles. The van der Waals surface area contributed by atoms with Crippen molar-refractivity contribution < 1.29 is 46.8 Å². The molecule has 0 aliphatic rings. The summed E-state index contributed by atoms with van der Waals surface area (Å²) in [6.45, 7) is 8.09. The Hall–Kier alpha value is -1.85. The van der Waals surface area contributed by atoms with E-state index in [1.165, 1.54) is 41.5 Å². The molecule has 0 aliphatic carbocycles. The van der Waals surface area contributed by atoms with Crippen LogP contribution in [0.4, 0.5) is 0 Å². The van der Waals surface area contributed by atoms with E-state index < -0.39 is 0 Å². The molecule has 0 atom stereocenters. The van der Waals surface area contributed by atoms with Crippen LogP contribution in [-0.2, 0) is 31.5 Å². The van der Waals surface area contributed by atoms with E-state index in [-0.39, 0.29) is 51.7 Å². The molecule has 0 bridgehead atoms. The van der Waals surface area contributed by atoms with Gasteiger partial charge in [-0.2, -0.15) is 0 Å². The molecule has 0 aromatic heterocycles. The van der Waals surface area contributed by atoms with E-state index in [4.69, 9.17) is 0 Å². The third-order valence-electron chi connectivity index (χ3n) is 1.22. The van der Waals surface area contributed by atoms with Gasteiger partial charge in [-0.25, -0.2) is 0 Å². The number of rotatable bonds is 3. The summed E-state index contributed by atoms with van der Waals surface area (Å²) in [4.78, 5) is 29.9. The van der Waals surface area contributed by atoms with Crippen LogP contribution in [0.2, 0.25) is 0 Å². The molecule has 0 heterocycles. The van der Waals surface area contributed by atoms with Crippen LogP contribution in [0.15, 0.2) is 35.5 Å². The van der Waals surface area contributed by atoms with E-state index in [1.807, 2.05) is 0 Å². The smallest absolute Gasteiger partial charge is 0.876 e. The van der Waals surface area contributed by atoms with Gasteiger partial charge in [0.2, 0.25) is 0 Å². The number of carbonyl (C=O) groups is 3. The summed E-state index contributed by atoms with van der Waals surface area (Å²) in [5.41, 5.74) is 0. The van der Waals surface area contributed by atoms with Crippen LogP contribution in [0.25, 0.3) is 0 Å². The molecule has 0 spiro atoms. The zero-order valence-corrected chi connectivity index (χ0v) is 14.6. The Morgan fingerprint density at radius 1 is 0.545 bits per heavy atom. The Morgan fingerprint density at radius 3 is 0.682 bits per heavy atom. The van der Waals surface area contributed by atoms with Crippen molar-refractivity contribution in [2.45, 2.75) is 41.5 Å². The summed E-state index contributed by atoms with van der Waals surface area (Å²) in [5.74, 6) is -1.12. The molecule has 0 fully saturated rings. The number of allylic oxidation sites excluding steroid dienone is 6. The van der Waals surface area contributed by atoms with E-state index in [2.05, 4.69) is 0 Å².